The maximum atomic E-state index is 13.0. The van der Waals surface area contributed by atoms with E-state index in [4.69, 9.17) is 16.2 Å². The molecule has 51 heavy (non-hydrogen) atoms. The molecule has 292 valence electrons. The van der Waals surface area contributed by atoms with Crippen molar-refractivity contribution in [1.29, 1.82) is 0 Å². The minimum atomic E-state index is -0.971. The van der Waals surface area contributed by atoms with E-state index in [0.717, 1.165) is 99.2 Å². The van der Waals surface area contributed by atoms with Gasteiger partial charge in [-0.05, 0) is 161 Å². The molecular formula is C42H77N7O2. The summed E-state index contributed by atoms with van der Waals surface area (Å²) in [6.07, 6.45) is 23.2. The minimum Gasteiger partial charge on any atom is -0.350 e. The topological polar surface area (TPSA) is 143 Å². The van der Waals surface area contributed by atoms with Crippen molar-refractivity contribution in [1.82, 2.24) is 20.6 Å². The lowest BCUT2D eigenvalue weighted by Gasteiger charge is -2.62. The zero-order valence-corrected chi connectivity index (χ0v) is 33.3. The predicted molar refractivity (Wildman–Crippen MR) is 210 cm³/mol. The van der Waals surface area contributed by atoms with Crippen LogP contribution in [0.1, 0.15) is 143 Å². The van der Waals surface area contributed by atoms with Gasteiger partial charge >= 0.3 is 0 Å². The Balaban J connectivity index is 1.22. The Morgan fingerprint density at radius 1 is 0.941 bits per heavy atom. The molecule has 1 aromatic rings. The van der Waals surface area contributed by atoms with Gasteiger partial charge in [0.1, 0.15) is 0 Å². The minimum absolute atomic E-state index is 0.142. The summed E-state index contributed by atoms with van der Waals surface area (Å²) in [4.78, 5) is 20.4. The monoisotopic (exact) mass is 712 g/mol. The molecule has 0 amide bonds. The number of fused-ring (bicyclic) bond motifs is 5. The first-order valence-electron chi connectivity index (χ1n) is 21.4. The van der Waals surface area contributed by atoms with Gasteiger partial charge in [-0.3, -0.25) is 0 Å². The standard InChI is InChI=1S/C42H77N7O2/c1-30(2)10-11-31(3)36-14-15-37-35-13-12-32-27-33(16-20-40(32,4)38(35)17-21-41(36,37)5)42(49-50,51-26-8-23-44)19-6-9-39(46-24-7-22-43)47-25-18-34-28-45-29-48-34/h28-33,35-39,46-47H,6-27,43-44H2,1-5H3,(H,45,48). The van der Waals surface area contributed by atoms with Crippen LogP contribution in [-0.2, 0) is 11.2 Å². The van der Waals surface area contributed by atoms with E-state index in [1.807, 2.05) is 6.20 Å². The summed E-state index contributed by atoms with van der Waals surface area (Å²) in [7, 11) is 0. The summed E-state index contributed by atoms with van der Waals surface area (Å²) >= 11 is 0. The lowest BCUT2D eigenvalue weighted by Crippen LogP contribution is -2.55. The number of hydrogen-bond acceptors (Lipinski definition) is 8. The highest BCUT2D eigenvalue weighted by Crippen LogP contribution is 2.69. The van der Waals surface area contributed by atoms with Crippen LogP contribution in [0, 0.1) is 63.1 Å². The number of hydrogen-bond donors (Lipinski definition) is 5. The molecule has 7 N–H and O–H groups in total. The molecule has 11 unspecified atom stereocenters. The van der Waals surface area contributed by atoms with Crippen LogP contribution in [0.2, 0.25) is 0 Å². The van der Waals surface area contributed by atoms with Crippen molar-refractivity contribution in [2.24, 2.45) is 74.8 Å². The first-order valence-corrected chi connectivity index (χ1v) is 21.4. The zero-order chi connectivity index (χ0) is 36.5. The molecule has 4 aliphatic rings. The summed E-state index contributed by atoms with van der Waals surface area (Å²) in [5, 5.41) is 11.3. The highest BCUT2D eigenvalue weighted by atomic mass is 16.5. The van der Waals surface area contributed by atoms with Gasteiger partial charge in [0.15, 0.2) is 0 Å². The van der Waals surface area contributed by atoms with E-state index in [1.54, 1.807) is 6.33 Å². The van der Waals surface area contributed by atoms with Crippen LogP contribution in [0.5, 0.6) is 0 Å². The molecule has 11 atom stereocenters. The molecular weight excluding hydrogens is 635 g/mol. The molecule has 0 saturated heterocycles. The smallest absolute Gasteiger partial charge is 0.202 e. The van der Waals surface area contributed by atoms with Crippen LogP contribution in [0.25, 0.3) is 0 Å². The Morgan fingerprint density at radius 2 is 1.71 bits per heavy atom. The summed E-state index contributed by atoms with van der Waals surface area (Å²) in [5.41, 5.74) is 12.8. The van der Waals surface area contributed by atoms with E-state index in [9.17, 15) is 4.91 Å². The third-order valence-corrected chi connectivity index (χ3v) is 15.3. The summed E-state index contributed by atoms with van der Waals surface area (Å²) in [6, 6.07) is 0. The van der Waals surface area contributed by atoms with Crippen molar-refractivity contribution < 1.29 is 4.74 Å². The van der Waals surface area contributed by atoms with Crippen molar-refractivity contribution in [2.75, 3.05) is 32.8 Å². The maximum Gasteiger partial charge on any atom is 0.202 e. The van der Waals surface area contributed by atoms with Gasteiger partial charge in [-0.25, -0.2) is 4.98 Å². The van der Waals surface area contributed by atoms with Crippen LogP contribution in [-0.4, -0.2) is 54.6 Å². The van der Waals surface area contributed by atoms with Crippen LogP contribution < -0.4 is 22.1 Å². The van der Waals surface area contributed by atoms with Crippen molar-refractivity contribution >= 4 is 0 Å². The Morgan fingerprint density at radius 3 is 2.43 bits per heavy atom. The molecule has 9 nitrogen and oxygen atoms in total. The fourth-order valence-corrected chi connectivity index (χ4v) is 12.3. The van der Waals surface area contributed by atoms with Gasteiger partial charge in [0, 0.05) is 37.2 Å². The molecule has 0 spiro atoms. The second-order valence-electron chi connectivity index (χ2n) is 18.6. The summed E-state index contributed by atoms with van der Waals surface area (Å²) in [5.74, 6) is 5.97. The Labute approximate surface area is 311 Å². The molecule has 5 rings (SSSR count). The summed E-state index contributed by atoms with van der Waals surface area (Å²) < 4.78 is 6.60. The zero-order valence-electron chi connectivity index (χ0n) is 33.3. The quantitative estimate of drug-likeness (QED) is 0.0464. The van der Waals surface area contributed by atoms with E-state index < -0.39 is 5.72 Å². The van der Waals surface area contributed by atoms with Crippen molar-refractivity contribution in [2.45, 2.75) is 156 Å². The van der Waals surface area contributed by atoms with Gasteiger partial charge in [-0.1, -0.05) is 47.5 Å². The molecule has 4 fully saturated rings. The Bertz CT molecular complexity index is 1170. The lowest BCUT2D eigenvalue weighted by atomic mass is 9.43. The van der Waals surface area contributed by atoms with Crippen LogP contribution >= 0.6 is 0 Å². The van der Waals surface area contributed by atoms with E-state index in [1.165, 1.54) is 57.8 Å². The number of nitrogens with one attached hydrogen (secondary N) is 3. The van der Waals surface area contributed by atoms with Gasteiger partial charge in [0.25, 0.3) is 0 Å². The van der Waals surface area contributed by atoms with Gasteiger partial charge in [0.2, 0.25) is 5.72 Å². The Kier molecular flexibility index (Phi) is 15.0. The third kappa shape index (κ3) is 9.47. The second kappa shape index (κ2) is 18.8. The van der Waals surface area contributed by atoms with Crippen molar-refractivity contribution in [3.8, 4) is 0 Å². The third-order valence-electron chi connectivity index (χ3n) is 15.3. The van der Waals surface area contributed by atoms with Crippen LogP contribution in [0.3, 0.4) is 0 Å². The van der Waals surface area contributed by atoms with Gasteiger partial charge in [-0.2, -0.15) is 0 Å². The number of nitroso groups, excluding NO2 is 1. The van der Waals surface area contributed by atoms with Gasteiger partial charge in [-0.15, -0.1) is 4.91 Å². The summed E-state index contributed by atoms with van der Waals surface area (Å²) in [6.45, 7) is 16.2. The Hall–Kier alpha value is -1.39. The highest BCUT2D eigenvalue weighted by molar-refractivity contribution is 5.10. The SMILES string of the molecule is CC(C)CCC(C)C1CCC2C3CCC4CC(C(CCCC(NCCCN)NCCc5cnc[nH]5)(N=O)OCCCN)CCC4(C)C3CCC12C. The number of ether oxygens (including phenoxy) is 1. The lowest BCUT2D eigenvalue weighted by molar-refractivity contribution is -0.156. The average molecular weight is 712 g/mol. The van der Waals surface area contributed by atoms with E-state index in [-0.39, 0.29) is 12.1 Å². The molecule has 4 aliphatic carbocycles. The van der Waals surface area contributed by atoms with E-state index in [2.05, 4.69) is 60.4 Å². The second-order valence-corrected chi connectivity index (χ2v) is 18.6. The van der Waals surface area contributed by atoms with Crippen molar-refractivity contribution in [3.63, 3.8) is 0 Å². The maximum absolute atomic E-state index is 13.0. The number of nitrogens with two attached hydrogens (primary N) is 2. The number of nitrogens with zero attached hydrogens (tertiary/aromatic N) is 2. The molecule has 9 heteroatoms. The van der Waals surface area contributed by atoms with E-state index in [0.29, 0.717) is 42.9 Å². The largest absolute Gasteiger partial charge is 0.350 e. The van der Waals surface area contributed by atoms with Crippen LogP contribution in [0.15, 0.2) is 17.7 Å². The fourth-order valence-electron chi connectivity index (χ4n) is 12.3. The van der Waals surface area contributed by atoms with E-state index >= 15 is 0 Å². The fraction of sp³-hybridized carbons (Fsp3) is 0.929. The number of aromatic amines is 1. The first-order chi connectivity index (χ1) is 24.6. The number of rotatable bonds is 22. The highest BCUT2D eigenvalue weighted by Gasteiger charge is 2.61. The molecule has 0 radical (unpaired) electrons. The van der Waals surface area contributed by atoms with Crippen molar-refractivity contribution in [3.05, 3.63) is 23.1 Å². The van der Waals surface area contributed by atoms with Gasteiger partial charge in [0.05, 0.1) is 19.1 Å². The molecule has 1 aromatic heterocycles. The number of aromatic nitrogens is 2. The molecule has 0 bridgehead atoms. The molecule has 0 aromatic carbocycles. The number of H-pyrrole nitrogens is 1. The predicted octanol–water partition coefficient (Wildman–Crippen LogP) is 8.15. The molecule has 1 heterocycles. The normalized spacial score (nSPS) is 34.4. The number of imidazole rings is 1. The van der Waals surface area contributed by atoms with Crippen LogP contribution in [0.4, 0.5) is 0 Å². The average Bonchev–Trinajstić information content (AvgIpc) is 3.77. The molecule has 4 saturated carbocycles. The molecule has 0 aliphatic heterocycles. The van der Waals surface area contributed by atoms with Gasteiger partial charge < -0.3 is 31.8 Å². The first kappa shape index (κ1) is 40.8.